The summed E-state index contributed by atoms with van der Waals surface area (Å²) in [6.07, 6.45) is 5.01. The summed E-state index contributed by atoms with van der Waals surface area (Å²) in [5.41, 5.74) is 3.88. The topological polar surface area (TPSA) is 88.9 Å². The van der Waals surface area contributed by atoms with Crippen LogP contribution in [0.1, 0.15) is 23.6 Å². The maximum atomic E-state index is 12.7. The number of aromatic nitrogens is 3. The van der Waals surface area contributed by atoms with Gasteiger partial charge in [0.1, 0.15) is 5.82 Å². The molecule has 5 rings (SSSR count). The fourth-order valence-corrected chi connectivity index (χ4v) is 5.00. The molecule has 0 saturated heterocycles. The first kappa shape index (κ1) is 18.6. The van der Waals surface area contributed by atoms with E-state index in [-0.39, 0.29) is 11.1 Å². The monoisotopic (exact) mass is 419 g/mol. The van der Waals surface area contributed by atoms with Crippen LogP contribution in [0.25, 0.3) is 10.9 Å². The zero-order valence-electron chi connectivity index (χ0n) is 16.4. The third-order valence-corrected chi connectivity index (χ3v) is 6.64. The lowest BCUT2D eigenvalue weighted by atomic mass is 10.1. The van der Waals surface area contributed by atoms with Crippen molar-refractivity contribution in [2.75, 3.05) is 10.0 Å². The summed E-state index contributed by atoms with van der Waals surface area (Å²) in [5.74, 6) is 0.772. The van der Waals surface area contributed by atoms with Crippen molar-refractivity contribution in [1.82, 2.24) is 14.5 Å². The van der Waals surface area contributed by atoms with E-state index in [2.05, 4.69) is 39.3 Å². The molecule has 7 nitrogen and oxygen atoms in total. The number of sulfonamides is 1. The number of imidazole rings is 1. The van der Waals surface area contributed by atoms with Gasteiger partial charge in [-0.2, -0.15) is 8.42 Å². The van der Waals surface area contributed by atoms with Crippen molar-refractivity contribution in [1.29, 1.82) is 0 Å². The smallest absolute Gasteiger partial charge is 0.280 e. The molecule has 0 unspecified atom stereocenters. The van der Waals surface area contributed by atoms with Crippen LogP contribution in [0.5, 0.6) is 0 Å². The van der Waals surface area contributed by atoms with E-state index >= 15 is 0 Å². The van der Waals surface area contributed by atoms with Crippen molar-refractivity contribution >= 4 is 32.4 Å². The van der Waals surface area contributed by atoms with E-state index in [9.17, 15) is 8.42 Å². The number of hydrogen-bond donors (Lipinski definition) is 2. The number of pyridine rings is 1. The van der Waals surface area contributed by atoms with Crippen molar-refractivity contribution in [3.05, 3.63) is 78.2 Å². The molecule has 2 aromatic heterocycles. The van der Waals surface area contributed by atoms with Crippen LogP contribution in [0.3, 0.4) is 0 Å². The molecule has 1 aliphatic carbocycles. The molecular weight excluding hydrogens is 398 g/mol. The molecule has 2 N–H and O–H groups in total. The largest absolute Gasteiger partial charge is 0.363 e. The summed E-state index contributed by atoms with van der Waals surface area (Å²) in [6, 6.07) is 17.9. The molecule has 8 heteroatoms. The Morgan fingerprint density at radius 2 is 1.93 bits per heavy atom. The second-order valence-electron chi connectivity index (χ2n) is 7.49. The van der Waals surface area contributed by atoms with Crippen molar-refractivity contribution in [2.45, 2.75) is 23.9 Å². The average Bonchev–Trinajstić information content (AvgIpc) is 3.35. The first-order valence-corrected chi connectivity index (χ1v) is 11.2. The van der Waals surface area contributed by atoms with Crippen LogP contribution in [0.15, 0.2) is 72.1 Å². The van der Waals surface area contributed by atoms with Gasteiger partial charge >= 0.3 is 0 Å². The predicted molar refractivity (Wildman–Crippen MR) is 117 cm³/mol. The van der Waals surface area contributed by atoms with Crippen LogP contribution >= 0.6 is 0 Å². The molecule has 0 bridgehead atoms. The second-order valence-corrected chi connectivity index (χ2v) is 9.12. The lowest BCUT2D eigenvalue weighted by Crippen LogP contribution is -2.14. The summed E-state index contributed by atoms with van der Waals surface area (Å²) >= 11 is 0. The fraction of sp³-hybridized carbons (Fsp3) is 0.182. The van der Waals surface area contributed by atoms with E-state index in [0.717, 1.165) is 24.0 Å². The van der Waals surface area contributed by atoms with Gasteiger partial charge < -0.3 is 9.88 Å². The number of rotatable bonds is 5. The Bertz CT molecular complexity index is 1350. The van der Waals surface area contributed by atoms with Gasteiger partial charge in [-0.3, -0.25) is 4.72 Å². The van der Waals surface area contributed by atoms with Gasteiger partial charge in [0.05, 0.1) is 23.6 Å². The van der Waals surface area contributed by atoms with Crippen molar-refractivity contribution in [3.63, 3.8) is 0 Å². The van der Waals surface area contributed by atoms with Gasteiger partial charge in [0.2, 0.25) is 0 Å². The Kier molecular flexibility index (Phi) is 4.43. The Morgan fingerprint density at radius 1 is 1.07 bits per heavy atom. The minimum Gasteiger partial charge on any atom is -0.363 e. The molecule has 1 aliphatic rings. The number of nitrogens with zero attached hydrogens (tertiary/aromatic N) is 3. The van der Waals surface area contributed by atoms with Gasteiger partial charge in [-0.05, 0) is 48.2 Å². The molecule has 4 aromatic rings. The first-order valence-electron chi connectivity index (χ1n) is 9.74. The van der Waals surface area contributed by atoms with Crippen molar-refractivity contribution in [3.8, 4) is 0 Å². The number of nitrogens with one attached hydrogen (secondary N) is 2. The van der Waals surface area contributed by atoms with E-state index in [0.29, 0.717) is 11.2 Å². The third-order valence-electron chi connectivity index (χ3n) is 5.39. The maximum Gasteiger partial charge on any atom is 0.280 e. The van der Waals surface area contributed by atoms with Crippen LogP contribution < -0.4 is 10.0 Å². The van der Waals surface area contributed by atoms with E-state index in [1.165, 1.54) is 23.7 Å². The molecule has 2 aromatic carbocycles. The van der Waals surface area contributed by atoms with Crippen LogP contribution in [0.2, 0.25) is 0 Å². The SMILES string of the molecule is Cn1cnc(S(=O)(=O)Nc2cccc3nc(N[C@@H]4CCc5ccccc54)ccc23)c1. The zero-order chi connectivity index (χ0) is 20.7. The van der Waals surface area contributed by atoms with Gasteiger partial charge in [-0.1, -0.05) is 30.3 Å². The number of hydrogen-bond acceptors (Lipinski definition) is 5. The molecule has 2 heterocycles. The van der Waals surface area contributed by atoms with Crippen LogP contribution in [-0.2, 0) is 23.5 Å². The average molecular weight is 420 g/mol. The fourth-order valence-electron chi connectivity index (χ4n) is 3.93. The molecule has 1 atom stereocenters. The number of aryl methyl sites for hydroxylation is 2. The summed E-state index contributed by atoms with van der Waals surface area (Å²) in [7, 11) is -2.04. The quantitative estimate of drug-likeness (QED) is 0.513. The summed E-state index contributed by atoms with van der Waals surface area (Å²) in [6.45, 7) is 0. The van der Waals surface area contributed by atoms with E-state index in [1.54, 1.807) is 23.7 Å². The number of anilines is 2. The van der Waals surface area contributed by atoms with Gasteiger partial charge in [0.25, 0.3) is 10.0 Å². The lowest BCUT2D eigenvalue weighted by molar-refractivity contribution is 0.598. The number of benzene rings is 2. The molecule has 0 fully saturated rings. The molecule has 30 heavy (non-hydrogen) atoms. The minimum atomic E-state index is -3.77. The van der Waals surface area contributed by atoms with Crippen molar-refractivity contribution < 1.29 is 8.42 Å². The molecular formula is C22H21N5O2S. The predicted octanol–water partition coefficient (Wildman–Crippen LogP) is 3.87. The Labute approximate surface area is 174 Å². The number of fused-ring (bicyclic) bond motifs is 2. The highest BCUT2D eigenvalue weighted by molar-refractivity contribution is 7.92. The molecule has 0 amide bonds. The normalized spacial score (nSPS) is 15.8. The minimum absolute atomic E-state index is 0.0202. The summed E-state index contributed by atoms with van der Waals surface area (Å²) < 4.78 is 29.5. The highest BCUT2D eigenvalue weighted by Crippen LogP contribution is 2.34. The highest BCUT2D eigenvalue weighted by Gasteiger charge is 2.22. The summed E-state index contributed by atoms with van der Waals surface area (Å²) in [5, 5.41) is 4.23. The third kappa shape index (κ3) is 3.39. The van der Waals surface area contributed by atoms with Gasteiger partial charge in [-0.15, -0.1) is 0 Å². The van der Waals surface area contributed by atoms with Crippen LogP contribution in [-0.4, -0.2) is 23.0 Å². The van der Waals surface area contributed by atoms with E-state index in [1.807, 2.05) is 18.2 Å². The second kappa shape index (κ2) is 7.14. The Morgan fingerprint density at radius 3 is 2.77 bits per heavy atom. The molecule has 0 saturated carbocycles. The molecule has 0 radical (unpaired) electrons. The zero-order valence-corrected chi connectivity index (χ0v) is 17.2. The lowest BCUT2D eigenvalue weighted by Gasteiger charge is -2.16. The van der Waals surface area contributed by atoms with Crippen LogP contribution in [0, 0.1) is 0 Å². The summed E-state index contributed by atoms with van der Waals surface area (Å²) in [4.78, 5) is 8.65. The van der Waals surface area contributed by atoms with Gasteiger partial charge in [0, 0.05) is 18.6 Å². The van der Waals surface area contributed by atoms with Gasteiger partial charge in [-0.25, -0.2) is 9.97 Å². The molecule has 152 valence electrons. The molecule has 0 aliphatic heterocycles. The van der Waals surface area contributed by atoms with Crippen molar-refractivity contribution in [2.24, 2.45) is 7.05 Å². The van der Waals surface area contributed by atoms with E-state index in [4.69, 9.17) is 4.98 Å². The highest BCUT2D eigenvalue weighted by atomic mass is 32.2. The Hall–Kier alpha value is -3.39. The molecule has 0 spiro atoms. The van der Waals surface area contributed by atoms with E-state index < -0.39 is 10.0 Å². The standard InChI is InChI=1S/C22H21N5O2S/c1-27-13-22(23-14-27)30(28,29)26-20-8-4-7-18-17(20)10-12-21(24-18)25-19-11-9-15-5-2-3-6-16(15)19/h2-8,10,12-14,19,26H,9,11H2,1H3,(H,24,25)/t19-/m1/s1. The first-order chi connectivity index (χ1) is 14.5. The van der Waals surface area contributed by atoms with Crippen LogP contribution in [0.4, 0.5) is 11.5 Å². The van der Waals surface area contributed by atoms with Gasteiger partial charge in [0.15, 0.2) is 5.03 Å². The maximum absolute atomic E-state index is 12.7. The Balaban J connectivity index is 1.43.